The van der Waals surface area contributed by atoms with Gasteiger partial charge in [0.1, 0.15) is 5.82 Å². The summed E-state index contributed by atoms with van der Waals surface area (Å²) >= 11 is 0. The van der Waals surface area contributed by atoms with Gasteiger partial charge in [0, 0.05) is 18.9 Å². The molecule has 0 N–H and O–H groups in total. The molecule has 0 atom stereocenters. The van der Waals surface area contributed by atoms with Crippen molar-refractivity contribution in [3.8, 4) is 0 Å². The molecular weight excluding hydrogens is 358 g/mol. The van der Waals surface area contributed by atoms with Crippen molar-refractivity contribution in [2.45, 2.75) is 13.0 Å². The van der Waals surface area contributed by atoms with Gasteiger partial charge < -0.3 is 4.57 Å². The molecule has 0 bridgehead atoms. The van der Waals surface area contributed by atoms with Gasteiger partial charge in [-0.1, -0.05) is 84.3 Å². The van der Waals surface area contributed by atoms with Crippen LogP contribution in [0, 0.1) is 5.82 Å². The fourth-order valence-corrected chi connectivity index (χ4v) is 2.88. The van der Waals surface area contributed by atoms with Crippen LogP contribution in [0.15, 0.2) is 110 Å². The summed E-state index contributed by atoms with van der Waals surface area (Å²) in [5, 5.41) is 0. The maximum absolute atomic E-state index is 12.9. The van der Waals surface area contributed by atoms with Crippen molar-refractivity contribution in [2.75, 3.05) is 0 Å². The van der Waals surface area contributed by atoms with Crippen LogP contribution < -0.4 is 5.46 Å². The summed E-state index contributed by atoms with van der Waals surface area (Å²) in [6.45, 7) is 1.00. The number of benzene rings is 3. The Hall–Kier alpha value is -3.40. The van der Waals surface area contributed by atoms with Crippen molar-refractivity contribution in [3.63, 3.8) is 0 Å². The molecule has 0 aliphatic rings. The van der Waals surface area contributed by atoms with Crippen LogP contribution in [-0.4, -0.2) is 16.8 Å². The smallest absolute Gasteiger partial charge is 0.183 e. The minimum absolute atomic E-state index is 0.175. The SMILES string of the molecule is Fc1cccc(BC=Cc2ccccc2)c1.c1ccc(CCn2ccnc2)cc1. The molecule has 1 heterocycles. The number of imidazole rings is 1. The fourth-order valence-electron chi connectivity index (χ4n) is 2.88. The van der Waals surface area contributed by atoms with Crippen LogP contribution >= 0.6 is 0 Å². The van der Waals surface area contributed by atoms with Crippen molar-refractivity contribution in [3.05, 3.63) is 127 Å². The third-order valence-corrected chi connectivity index (χ3v) is 4.41. The van der Waals surface area contributed by atoms with E-state index in [0.717, 1.165) is 25.7 Å². The molecule has 0 saturated carbocycles. The number of halogens is 1. The van der Waals surface area contributed by atoms with Crippen molar-refractivity contribution in [2.24, 2.45) is 0 Å². The Kier molecular flexibility index (Phi) is 8.03. The molecule has 2 nitrogen and oxygen atoms in total. The molecule has 0 amide bonds. The number of aryl methyl sites for hydroxylation is 2. The van der Waals surface area contributed by atoms with Gasteiger partial charge in [-0.3, -0.25) is 0 Å². The van der Waals surface area contributed by atoms with E-state index in [0.29, 0.717) is 0 Å². The molecule has 0 aliphatic carbocycles. The van der Waals surface area contributed by atoms with Gasteiger partial charge in [0.15, 0.2) is 7.28 Å². The summed E-state index contributed by atoms with van der Waals surface area (Å²) in [6.07, 6.45) is 8.76. The van der Waals surface area contributed by atoms with E-state index in [1.807, 2.05) is 73.2 Å². The summed E-state index contributed by atoms with van der Waals surface area (Å²) in [5.41, 5.74) is 3.53. The minimum atomic E-state index is -0.175. The van der Waals surface area contributed by atoms with Crippen molar-refractivity contribution in [1.29, 1.82) is 0 Å². The van der Waals surface area contributed by atoms with Crippen LogP contribution in [0.1, 0.15) is 11.1 Å². The molecule has 144 valence electrons. The van der Waals surface area contributed by atoms with Gasteiger partial charge >= 0.3 is 0 Å². The Morgan fingerprint density at radius 2 is 1.66 bits per heavy atom. The molecular formula is C25H24BFN2. The lowest BCUT2D eigenvalue weighted by atomic mass is 9.70. The molecule has 0 unspecified atom stereocenters. The van der Waals surface area contributed by atoms with E-state index >= 15 is 0 Å². The number of nitrogens with zero attached hydrogens (tertiary/aromatic N) is 2. The first-order chi connectivity index (χ1) is 14.3. The molecule has 0 radical (unpaired) electrons. The first kappa shape index (κ1) is 20.3. The highest BCUT2D eigenvalue weighted by atomic mass is 19.1. The van der Waals surface area contributed by atoms with Gasteiger partial charge in [-0.15, -0.1) is 5.98 Å². The van der Waals surface area contributed by atoms with E-state index < -0.39 is 0 Å². The summed E-state index contributed by atoms with van der Waals surface area (Å²) in [7, 11) is 0.757. The maximum atomic E-state index is 12.9. The van der Waals surface area contributed by atoms with E-state index in [-0.39, 0.29) is 5.82 Å². The fraction of sp³-hybridized carbons (Fsp3) is 0.0800. The van der Waals surface area contributed by atoms with E-state index in [1.54, 1.807) is 12.1 Å². The largest absolute Gasteiger partial charge is 0.337 e. The summed E-state index contributed by atoms with van der Waals surface area (Å²) in [4.78, 5) is 4.00. The van der Waals surface area contributed by atoms with E-state index in [2.05, 4.69) is 33.8 Å². The van der Waals surface area contributed by atoms with Crippen LogP contribution in [-0.2, 0) is 13.0 Å². The van der Waals surface area contributed by atoms with Gasteiger partial charge in [-0.25, -0.2) is 9.37 Å². The van der Waals surface area contributed by atoms with E-state index in [4.69, 9.17) is 0 Å². The normalized spacial score (nSPS) is 10.4. The van der Waals surface area contributed by atoms with Crippen LogP contribution in [0.5, 0.6) is 0 Å². The highest BCUT2D eigenvalue weighted by molar-refractivity contribution is 6.59. The van der Waals surface area contributed by atoms with Crippen LogP contribution in [0.4, 0.5) is 4.39 Å². The lowest BCUT2D eigenvalue weighted by molar-refractivity contribution is 0.629. The van der Waals surface area contributed by atoms with Gasteiger partial charge in [0.25, 0.3) is 0 Å². The monoisotopic (exact) mass is 382 g/mol. The topological polar surface area (TPSA) is 17.8 Å². The molecule has 0 spiro atoms. The van der Waals surface area contributed by atoms with Crippen LogP contribution in [0.3, 0.4) is 0 Å². The van der Waals surface area contributed by atoms with E-state index in [1.165, 1.54) is 17.2 Å². The van der Waals surface area contributed by atoms with Crippen molar-refractivity contribution >= 4 is 18.8 Å². The first-order valence-corrected chi connectivity index (χ1v) is 9.75. The van der Waals surface area contributed by atoms with Crippen molar-refractivity contribution in [1.82, 2.24) is 9.55 Å². The Bertz CT molecular complexity index is 984. The average Bonchev–Trinajstić information content (AvgIpc) is 3.28. The lowest BCUT2D eigenvalue weighted by Gasteiger charge is -2.01. The zero-order chi connectivity index (χ0) is 20.2. The molecule has 0 saturated heterocycles. The molecule has 4 heteroatoms. The third-order valence-electron chi connectivity index (χ3n) is 4.41. The summed E-state index contributed by atoms with van der Waals surface area (Å²) in [5.74, 6) is 1.87. The van der Waals surface area contributed by atoms with Crippen LogP contribution in [0.2, 0.25) is 0 Å². The highest BCUT2D eigenvalue weighted by Crippen LogP contribution is 2.01. The highest BCUT2D eigenvalue weighted by Gasteiger charge is 1.94. The number of rotatable bonds is 6. The van der Waals surface area contributed by atoms with Gasteiger partial charge in [-0.05, 0) is 29.7 Å². The molecule has 4 aromatic rings. The first-order valence-electron chi connectivity index (χ1n) is 9.75. The Balaban J connectivity index is 0.000000169. The molecule has 0 aliphatic heterocycles. The summed E-state index contributed by atoms with van der Waals surface area (Å²) in [6, 6.07) is 27.3. The minimum Gasteiger partial charge on any atom is -0.337 e. The number of aromatic nitrogens is 2. The molecule has 3 aromatic carbocycles. The average molecular weight is 382 g/mol. The number of hydrogen-bond acceptors (Lipinski definition) is 1. The van der Waals surface area contributed by atoms with Crippen LogP contribution in [0.25, 0.3) is 6.08 Å². The Labute approximate surface area is 172 Å². The second-order valence-corrected chi connectivity index (χ2v) is 6.68. The zero-order valence-electron chi connectivity index (χ0n) is 16.4. The predicted octanol–water partition coefficient (Wildman–Crippen LogP) is 4.68. The van der Waals surface area contributed by atoms with Gasteiger partial charge in [0.2, 0.25) is 0 Å². The quantitative estimate of drug-likeness (QED) is 0.443. The lowest BCUT2D eigenvalue weighted by Crippen LogP contribution is -2.11. The second-order valence-electron chi connectivity index (χ2n) is 6.68. The van der Waals surface area contributed by atoms with E-state index in [9.17, 15) is 4.39 Å². The predicted molar refractivity (Wildman–Crippen MR) is 121 cm³/mol. The Morgan fingerprint density at radius 1 is 0.897 bits per heavy atom. The third kappa shape index (κ3) is 7.63. The number of hydrogen-bond donors (Lipinski definition) is 0. The zero-order valence-corrected chi connectivity index (χ0v) is 16.4. The van der Waals surface area contributed by atoms with Gasteiger partial charge in [-0.2, -0.15) is 0 Å². The molecule has 0 fully saturated rings. The maximum Gasteiger partial charge on any atom is 0.183 e. The molecule has 4 rings (SSSR count). The van der Waals surface area contributed by atoms with Crippen molar-refractivity contribution < 1.29 is 4.39 Å². The molecule has 29 heavy (non-hydrogen) atoms. The molecule has 1 aromatic heterocycles. The Morgan fingerprint density at radius 3 is 2.34 bits per heavy atom. The second kappa shape index (κ2) is 11.4. The van der Waals surface area contributed by atoms with Gasteiger partial charge in [0.05, 0.1) is 6.33 Å². The standard InChI is InChI=1S/C14H12BF.C11H12N2/c16-14-8-4-7-13(11-14)15-10-9-12-5-2-1-3-6-12;1-2-4-11(5-3-1)6-8-13-9-7-12-10-13/h1-11,15H;1-5,7,9-10H,6,8H2. The summed E-state index contributed by atoms with van der Waals surface area (Å²) < 4.78 is 15.0.